The molecular formula is C11H15BrO. The lowest BCUT2D eigenvalue weighted by molar-refractivity contribution is 0.217. The van der Waals surface area contributed by atoms with Crippen molar-refractivity contribution < 1.29 is 4.74 Å². The number of benzene rings is 1. The molecule has 72 valence electrons. The second-order valence-corrected chi connectivity index (χ2v) is 3.68. The Morgan fingerprint density at radius 2 is 1.92 bits per heavy atom. The van der Waals surface area contributed by atoms with E-state index in [1.54, 1.807) is 0 Å². The second-order valence-electron chi connectivity index (χ2n) is 3.11. The van der Waals surface area contributed by atoms with Crippen molar-refractivity contribution in [3.05, 3.63) is 29.8 Å². The number of alkyl halides is 1. The monoisotopic (exact) mass is 242 g/mol. The first kappa shape index (κ1) is 10.6. The molecule has 0 aromatic heterocycles. The van der Waals surface area contributed by atoms with Crippen LogP contribution in [-0.2, 0) is 5.33 Å². The molecular weight excluding hydrogens is 228 g/mol. The van der Waals surface area contributed by atoms with Gasteiger partial charge in [0.25, 0.3) is 0 Å². The zero-order valence-corrected chi connectivity index (χ0v) is 9.67. The van der Waals surface area contributed by atoms with E-state index in [0.29, 0.717) is 6.10 Å². The first-order valence-electron chi connectivity index (χ1n) is 4.57. The normalized spacial score (nSPS) is 12.5. The molecule has 1 aromatic rings. The molecule has 0 aliphatic rings. The molecule has 0 heterocycles. The molecule has 1 aromatic carbocycles. The Morgan fingerprint density at radius 3 is 2.38 bits per heavy atom. The van der Waals surface area contributed by atoms with Crippen molar-refractivity contribution in [2.75, 3.05) is 0 Å². The van der Waals surface area contributed by atoms with Crippen molar-refractivity contribution in [1.29, 1.82) is 0 Å². The first-order chi connectivity index (χ1) is 6.26. The van der Waals surface area contributed by atoms with Gasteiger partial charge in [-0.2, -0.15) is 0 Å². The SMILES string of the molecule is CCC(C)Oc1ccc(CBr)cc1. The number of hydrogen-bond acceptors (Lipinski definition) is 1. The van der Waals surface area contributed by atoms with Crippen LogP contribution in [0.5, 0.6) is 5.75 Å². The van der Waals surface area contributed by atoms with Gasteiger partial charge in [-0.05, 0) is 31.0 Å². The number of rotatable bonds is 4. The van der Waals surface area contributed by atoms with E-state index in [1.807, 2.05) is 12.1 Å². The van der Waals surface area contributed by atoms with Crippen molar-refractivity contribution in [3.8, 4) is 5.75 Å². The molecule has 0 amide bonds. The highest BCUT2D eigenvalue weighted by atomic mass is 79.9. The van der Waals surface area contributed by atoms with E-state index >= 15 is 0 Å². The molecule has 13 heavy (non-hydrogen) atoms. The second kappa shape index (κ2) is 5.28. The summed E-state index contributed by atoms with van der Waals surface area (Å²) >= 11 is 3.41. The molecule has 0 saturated carbocycles. The standard InChI is InChI=1S/C11H15BrO/c1-3-9(2)13-11-6-4-10(8-12)5-7-11/h4-7,9H,3,8H2,1-2H3. The van der Waals surface area contributed by atoms with E-state index in [9.17, 15) is 0 Å². The maximum absolute atomic E-state index is 5.65. The summed E-state index contributed by atoms with van der Waals surface area (Å²) in [7, 11) is 0. The largest absolute Gasteiger partial charge is 0.491 e. The highest BCUT2D eigenvalue weighted by molar-refractivity contribution is 9.08. The van der Waals surface area contributed by atoms with Crippen molar-refractivity contribution in [2.45, 2.75) is 31.7 Å². The van der Waals surface area contributed by atoms with Crippen molar-refractivity contribution in [1.82, 2.24) is 0 Å². The molecule has 1 nitrogen and oxygen atoms in total. The summed E-state index contributed by atoms with van der Waals surface area (Å²) in [5.74, 6) is 0.957. The maximum Gasteiger partial charge on any atom is 0.119 e. The zero-order chi connectivity index (χ0) is 9.68. The quantitative estimate of drug-likeness (QED) is 0.731. The molecule has 0 radical (unpaired) electrons. The van der Waals surface area contributed by atoms with Gasteiger partial charge in [-0.1, -0.05) is 35.0 Å². The minimum atomic E-state index is 0.301. The molecule has 0 bridgehead atoms. The highest BCUT2D eigenvalue weighted by Crippen LogP contribution is 2.15. The smallest absolute Gasteiger partial charge is 0.119 e. The van der Waals surface area contributed by atoms with Gasteiger partial charge in [0, 0.05) is 5.33 Å². The minimum Gasteiger partial charge on any atom is -0.491 e. The number of halogens is 1. The highest BCUT2D eigenvalue weighted by Gasteiger charge is 1.99. The fourth-order valence-corrected chi connectivity index (χ4v) is 1.35. The molecule has 1 unspecified atom stereocenters. The molecule has 2 heteroatoms. The Balaban J connectivity index is 2.58. The predicted octanol–water partition coefficient (Wildman–Crippen LogP) is 3.76. The van der Waals surface area contributed by atoms with Crippen LogP contribution in [0.3, 0.4) is 0 Å². The predicted molar refractivity (Wildman–Crippen MR) is 59.5 cm³/mol. The van der Waals surface area contributed by atoms with E-state index in [4.69, 9.17) is 4.74 Å². The fraction of sp³-hybridized carbons (Fsp3) is 0.455. The van der Waals surface area contributed by atoms with Gasteiger partial charge in [-0.25, -0.2) is 0 Å². The van der Waals surface area contributed by atoms with Crippen molar-refractivity contribution in [3.63, 3.8) is 0 Å². The Hall–Kier alpha value is -0.500. The summed E-state index contributed by atoms with van der Waals surface area (Å²) in [6.07, 6.45) is 1.34. The van der Waals surface area contributed by atoms with Gasteiger partial charge in [0.05, 0.1) is 6.10 Å². The van der Waals surface area contributed by atoms with Gasteiger partial charge in [-0.3, -0.25) is 0 Å². The molecule has 1 rings (SSSR count). The summed E-state index contributed by atoms with van der Waals surface area (Å²) < 4.78 is 5.65. The van der Waals surface area contributed by atoms with Gasteiger partial charge >= 0.3 is 0 Å². The van der Waals surface area contributed by atoms with E-state index in [2.05, 4.69) is 41.9 Å². The molecule has 1 atom stereocenters. The van der Waals surface area contributed by atoms with E-state index in [-0.39, 0.29) is 0 Å². The Morgan fingerprint density at radius 1 is 1.31 bits per heavy atom. The van der Waals surface area contributed by atoms with Crippen molar-refractivity contribution >= 4 is 15.9 Å². The van der Waals surface area contributed by atoms with Crippen LogP contribution in [0.15, 0.2) is 24.3 Å². The third-order valence-electron chi connectivity index (χ3n) is 1.99. The molecule has 0 saturated heterocycles. The van der Waals surface area contributed by atoms with Crippen molar-refractivity contribution in [2.24, 2.45) is 0 Å². The number of hydrogen-bond donors (Lipinski definition) is 0. The summed E-state index contributed by atoms with van der Waals surface area (Å²) in [5.41, 5.74) is 1.27. The van der Waals surface area contributed by atoms with Crippen LogP contribution < -0.4 is 4.74 Å². The third kappa shape index (κ3) is 3.39. The van der Waals surface area contributed by atoms with E-state index in [0.717, 1.165) is 17.5 Å². The lowest BCUT2D eigenvalue weighted by Gasteiger charge is -2.12. The van der Waals surface area contributed by atoms with Crippen LogP contribution >= 0.6 is 15.9 Å². The van der Waals surface area contributed by atoms with Gasteiger partial charge in [-0.15, -0.1) is 0 Å². The summed E-state index contributed by atoms with van der Waals surface area (Å²) in [5, 5.41) is 0.899. The van der Waals surface area contributed by atoms with Gasteiger partial charge in [0.2, 0.25) is 0 Å². The van der Waals surface area contributed by atoms with E-state index < -0.39 is 0 Å². The van der Waals surface area contributed by atoms with E-state index in [1.165, 1.54) is 5.56 Å². The van der Waals surface area contributed by atoms with Gasteiger partial charge in [0.15, 0.2) is 0 Å². The van der Waals surface area contributed by atoms with Crippen LogP contribution in [0, 0.1) is 0 Å². The zero-order valence-electron chi connectivity index (χ0n) is 8.09. The summed E-state index contributed by atoms with van der Waals surface area (Å²) in [6, 6.07) is 8.18. The average molecular weight is 243 g/mol. The summed E-state index contributed by atoms with van der Waals surface area (Å²) in [4.78, 5) is 0. The van der Waals surface area contributed by atoms with Crippen LogP contribution in [0.2, 0.25) is 0 Å². The Bertz CT molecular complexity index is 243. The number of ether oxygens (including phenoxy) is 1. The fourth-order valence-electron chi connectivity index (χ4n) is 0.973. The minimum absolute atomic E-state index is 0.301. The lowest BCUT2D eigenvalue weighted by Crippen LogP contribution is -2.09. The van der Waals surface area contributed by atoms with Gasteiger partial charge < -0.3 is 4.74 Å². The molecule has 0 fully saturated rings. The Labute approximate surface area is 88.2 Å². The van der Waals surface area contributed by atoms with Crippen LogP contribution in [0.4, 0.5) is 0 Å². The van der Waals surface area contributed by atoms with Crippen LogP contribution in [-0.4, -0.2) is 6.10 Å². The molecule has 0 N–H and O–H groups in total. The molecule has 0 spiro atoms. The van der Waals surface area contributed by atoms with Gasteiger partial charge in [0.1, 0.15) is 5.75 Å². The average Bonchev–Trinajstić information content (AvgIpc) is 2.19. The molecule has 0 aliphatic carbocycles. The van der Waals surface area contributed by atoms with Crippen LogP contribution in [0.25, 0.3) is 0 Å². The maximum atomic E-state index is 5.65. The lowest BCUT2D eigenvalue weighted by atomic mass is 10.2. The third-order valence-corrected chi connectivity index (χ3v) is 2.64. The Kier molecular flexibility index (Phi) is 4.29. The summed E-state index contributed by atoms with van der Waals surface area (Å²) in [6.45, 7) is 4.20. The molecule has 0 aliphatic heterocycles. The van der Waals surface area contributed by atoms with Crippen LogP contribution in [0.1, 0.15) is 25.8 Å². The topological polar surface area (TPSA) is 9.23 Å². The first-order valence-corrected chi connectivity index (χ1v) is 5.70.